The predicted molar refractivity (Wildman–Crippen MR) is 44.6 cm³/mol. The summed E-state index contributed by atoms with van der Waals surface area (Å²) in [7, 11) is 0. The molecule has 0 rings (SSSR count). The molecule has 4 heteroatoms. The van der Waals surface area contributed by atoms with E-state index in [0.29, 0.717) is 6.61 Å². The SMILES string of the molecule is CCOC(=O)CC(=O)[C@H](C)Br. The third-order valence-electron chi connectivity index (χ3n) is 1.07. The molecular weight excluding hydrogens is 212 g/mol. The zero-order valence-corrected chi connectivity index (χ0v) is 8.18. The van der Waals surface area contributed by atoms with Crippen molar-refractivity contribution in [3.8, 4) is 0 Å². The van der Waals surface area contributed by atoms with Crippen molar-refractivity contribution in [2.75, 3.05) is 6.61 Å². The van der Waals surface area contributed by atoms with Crippen LogP contribution in [0.15, 0.2) is 0 Å². The largest absolute Gasteiger partial charge is 0.466 e. The van der Waals surface area contributed by atoms with Crippen LogP contribution in [0.3, 0.4) is 0 Å². The van der Waals surface area contributed by atoms with Crippen molar-refractivity contribution in [3.63, 3.8) is 0 Å². The number of hydrogen-bond donors (Lipinski definition) is 0. The third kappa shape index (κ3) is 4.95. The van der Waals surface area contributed by atoms with E-state index >= 15 is 0 Å². The van der Waals surface area contributed by atoms with Crippen molar-refractivity contribution >= 4 is 27.7 Å². The Kier molecular flexibility index (Phi) is 5.11. The first-order valence-corrected chi connectivity index (χ1v) is 4.32. The molecule has 0 spiro atoms. The molecule has 64 valence electrons. The van der Waals surface area contributed by atoms with Crippen molar-refractivity contribution in [3.05, 3.63) is 0 Å². The fourth-order valence-corrected chi connectivity index (χ4v) is 0.657. The Labute approximate surface area is 74.2 Å². The van der Waals surface area contributed by atoms with Crippen molar-refractivity contribution in [1.82, 2.24) is 0 Å². The second-order valence-electron chi connectivity index (χ2n) is 2.06. The lowest BCUT2D eigenvalue weighted by atomic mass is 10.2. The molecule has 0 amide bonds. The summed E-state index contributed by atoms with van der Waals surface area (Å²) in [6, 6.07) is 0. The molecule has 0 aliphatic carbocycles. The van der Waals surface area contributed by atoms with Gasteiger partial charge < -0.3 is 4.74 Å². The Morgan fingerprint density at radius 1 is 1.55 bits per heavy atom. The Morgan fingerprint density at radius 3 is 2.45 bits per heavy atom. The minimum absolute atomic E-state index is 0.139. The summed E-state index contributed by atoms with van der Waals surface area (Å²) in [5.41, 5.74) is 0. The number of rotatable bonds is 4. The number of halogens is 1. The number of carbonyl (C=O) groups excluding carboxylic acids is 2. The van der Waals surface area contributed by atoms with Crippen LogP contribution in [-0.4, -0.2) is 23.2 Å². The molecule has 0 aromatic rings. The van der Waals surface area contributed by atoms with Gasteiger partial charge in [0.05, 0.1) is 11.4 Å². The number of ether oxygens (including phenoxy) is 1. The average molecular weight is 223 g/mol. The highest BCUT2D eigenvalue weighted by molar-refractivity contribution is 9.10. The Bertz CT molecular complexity index is 154. The van der Waals surface area contributed by atoms with E-state index < -0.39 is 5.97 Å². The second-order valence-corrected chi connectivity index (χ2v) is 3.44. The summed E-state index contributed by atoms with van der Waals surface area (Å²) in [5, 5.41) is 0. The van der Waals surface area contributed by atoms with E-state index in [0.717, 1.165) is 0 Å². The van der Waals surface area contributed by atoms with Gasteiger partial charge in [0.15, 0.2) is 5.78 Å². The smallest absolute Gasteiger partial charge is 0.313 e. The summed E-state index contributed by atoms with van der Waals surface area (Å²) in [5.74, 6) is -0.604. The molecule has 0 aliphatic heterocycles. The Morgan fingerprint density at radius 2 is 2.09 bits per heavy atom. The van der Waals surface area contributed by atoms with Gasteiger partial charge in [-0.05, 0) is 13.8 Å². The molecule has 0 radical (unpaired) electrons. The number of carbonyl (C=O) groups is 2. The number of ketones is 1. The summed E-state index contributed by atoms with van der Waals surface area (Å²) < 4.78 is 4.58. The third-order valence-corrected chi connectivity index (χ3v) is 1.58. The molecule has 0 fully saturated rings. The molecule has 0 saturated heterocycles. The van der Waals surface area contributed by atoms with E-state index in [1.165, 1.54) is 0 Å². The second kappa shape index (κ2) is 5.29. The number of alkyl halides is 1. The van der Waals surface area contributed by atoms with Crippen molar-refractivity contribution in [2.45, 2.75) is 25.1 Å². The van der Waals surface area contributed by atoms with E-state index in [1.54, 1.807) is 13.8 Å². The molecule has 0 aromatic carbocycles. The van der Waals surface area contributed by atoms with E-state index in [-0.39, 0.29) is 17.0 Å². The molecule has 0 bridgehead atoms. The minimum Gasteiger partial charge on any atom is -0.466 e. The van der Waals surface area contributed by atoms with Gasteiger partial charge in [-0.3, -0.25) is 9.59 Å². The van der Waals surface area contributed by atoms with E-state index in [4.69, 9.17) is 0 Å². The van der Waals surface area contributed by atoms with Gasteiger partial charge >= 0.3 is 5.97 Å². The lowest BCUT2D eigenvalue weighted by Crippen LogP contribution is -2.16. The monoisotopic (exact) mass is 222 g/mol. The normalized spacial score (nSPS) is 12.3. The summed E-state index contributed by atoms with van der Waals surface area (Å²) in [4.78, 5) is 21.3. The van der Waals surface area contributed by atoms with Gasteiger partial charge in [0, 0.05) is 0 Å². The zero-order valence-electron chi connectivity index (χ0n) is 6.59. The van der Waals surface area contributed by atoms with Gasteiger partial charge in [0.1, 0.15) is 6.42 Å². The van der Waals surface area contributed by atoms with Crippen molar-refractivity contribution in [1.29, 1.82) is 0 Å². The molecule has 0 N–H and O–H groups in total. The first kappa shape index (κ1) is 10.6. The highest BCUT2D eigenvalue weighted by Gasteiger charge is 2.14. The van der Waals surface area contributed by atoms with E-state index in [9.17, 15) is 9.59 Å². The molecule has 0 heterocycles. The first-order valence-electron chi connectivity index (χ1n) is 3.40. The molecule has 3 nitrogen and oxygen atoms in total. The van der Waals surface area contributed by atoms with E-state index in [1.807, 2.05) is 0 Å². The Balaban J connectivity index is 3.67. The van der Waals surface area contributed by atoms with Gasteiger partial charge in [0.25, 0.3) is 0 Å². The van der Waals surface area contributed by atoms with Gasteiger partial charge in [-0.25, -0.2) is 0 Å². The standard InChI is InChI=1S/C7H11BrO3/c1-3-11-7(10)4-6(9)5(2)8/h5H,3-4H2,1-2H3/t5-/m0/s1. The van der Waals surface area contributed by atoms with Gasteiger partial charge in [-0.1, -0.05) is 15.9 Å². The molecule has 0 unspecified atom stereocenters. The van der Waals surface area contributed by atoms with Gasteiger partial charge in [-0.2, -0.15) is 0 Å². The van der Waals surface area contributed by atoms with Crippen molar-refractivity contribution in [2.24, 2.45) is 0 Å². The minimum atomic E-state index is -0.455. The van der Waals surface area contributed by atoms with Crippen LogP contribution in [0.4, 0.5) is 0 Å². The molecular formula is C7H11BrO3. The number of esters is 1. The molecule has 0 aromatic heterocycles. The maximum absolute atomic E-state index is 10.9. The first-order chi connectivity index (χ1) is 5.07. The summed E-state index contributed by atoms with van der Waals surface area (Å²) in [6.45, 7) is 3.71. The van der Waals surface area contributed by atoms with Crippen LogP contribution in [0.5, 0.6) is 0 Å². The van der Waals surface area contributed by atoms with Crippen LogP contribution in [0, 0.1) is 0 Å². The molecule has 1 atom stereocenters. The van der Waals surface area contributed by atoms with Crippen LogP contribution in [0.25, 0.3) is 0 Å². The lowest BCUT2D eigenvalue weighted by molar-refractivity contribution is -0.145. The lowest BCUT2D eigenvalue weighted by Gasteiger charge is -2.01. The maximum atomic E-state index is 10.9. The topological polar surface area (TPSA) is 43.4 Å². The zero-order chi connectivity index (χ0) is 8.85. The fourth-order valence-electron chi connectivity index (χ4n) is 0.495. The van der Waals surface area contributed by atoms with E-state index in [2.05, 4.69) is 20.7 Å². The maximum Gasteiger partial charge on any atom is 0.313 e. The van der Waals surface area contributed by atoms with Crippen LogP contribution < -0.4 is 0 Å². The van der Waals surface area contributed by atoms with Gasteiger partial charge in [-0.15, -0.1) is 0 Å². The van der Waals surface area contributed by atoms with Crippen LogP contribution >= 0.6 is 15.9 Å². The Hall–Kier alpha value is -0.380. The molecule has 0 saturated carbocycles. The van der Waals surface area contributed by atoms with Crippen LogP contribution in [-0.2, 0) is 14.3 Å². The molecule has 0 aliphatic rings. The summed E-state index contributed by atoms with van der Waals surface area (Å²) in [6.07, 6.45) is -0.139. The number of hydrogen-bond acceptors (Lipinski definition) is 3. The summed E-state index contributed by atoms with van der Waals surface area (Å²) >= 11 is 3.06. The highest BCUT2D eigenvalue weighted by Crippen LogP contribution is 2.02. The molecule has 11 heavy (non-hydrogen) atoms. The quantitative estimate of drug-likeness (QED) is 0.409. The predicted octanol–water partition coefficient (Wildman–Crippen LogP) is 1.29. The highest BCUT2D eigenvalue weighted by atomic mass is 79.9. The number of Topliss-reactive ketones (excluding diaryl/α,β-unsaturated/α-hetero) is 1. The average Bonchev–Trinajstić information content (AvgIpc) is 1.87. The van der Waals surface area contributed by atoms with Crippen LogP contribution in [0.1, 0.15) is 20.3 Å². The van der Waals surface area contributed by atoms with Crippen LogP contribution in [0.2, 0.25) is 0 Å². The van der Waals surface area contributed by atoms with Gasteiger partial charge in [0.2, 0.25) is 0 Å². The fraction of sp³-hybridized carbons (Fsp3) is 0.714. The van der Waals surface area contributed by atoms with Crippen molar-refractivity contribution < 1.29 is 14.3 Å².